The van der Waals surface area contributed by atoms with Gasteiger partial charge in [0.25, 0.3) is 0 Å². The van der Waals surface area contributed by atoms with Crippen LogP contribution in [0.25, 0.3) is 0 Å². The summed E-state index contributed by atoms with van der Waals surface area (Å²) in [4.78, 5) is 14.8. The monoisotopic (exact) mass is 252 g/mol. The van der Waals surface area contributed by atoms with E-state index in [9.17, 15) is 4.79 Å². The highest BCUT2D eigenvalue weighted by Gasteiger charge is 2.51. The van der Waals surface area contributed by atoms with Crippen molar-refractivity contribution < 1.29 is 4.79 Å². The fourth-order valence-electron chi connectivity index (χ4n) is 3.50. The Hall–Kier alpha value is -0.570. The average molecular weight is 252 g/mol. The predicted molar refractivity (Wildman–Crippen MR) is 74.3 cm³/mol. The fraction of sp³-hybridized carbons (Fsp3) is 0.933. The summed E-state index contributed by atoms with van der Waals surface area (Å²) in [6.07, 6.45) is 10.8. The Morgan fingerprint density at radius 1 is 1.22 bits per heavy atom. The van der Waals surface area contributed by atoms with Crippen LogP contribution in [-0.4, -0.2) is 29.1 Å². The van der Waals surface area contributed by atoms with Crippen LogP contribution in [0.5, 0.6) is 0 Å². The lowest BCUT2D eigenvalue weighted by molar-refractivity contribution is -0.133. The molecule has 2 aliphatic rings. The molecule has 1 amide bonds. The van der Waals surface area contributed by atoms with Crippen molar-refractivity contribution in [3.8, 4) is 0 Å². The van der Waals surface area contributed by atoms with Crippen molar-refractivity contribution in [1.82, 2.24) is 10.2 Å². The second-order valence-electron chi connectivity index (χ2n) is 5.92. The van der Waals surface area contributed by atoms with Gasteiger partial charge in [-0.2, -0.15) is 0 Å². The number of carbonyl (C=O) groups is 1. The molecule has 104 valence electrons. The first-order valence-corrected chi connectivity index (χ1v) is 7.82. The third kappa shape index (κ3) is 2.56. The van der Waals surface area contributed by atoms with Crippen molar-refractivity contribution in [1.29, 1.82) is 0 Å². The van der Waals surface area contributed by atoms with E-state index in [0.29, 0.717) is 5.91 Å². The van der Waals surface area contributed by atoms with E-state index < -0.39 is 0 Å². The van der Waals surface area contributed by atoms with Gasteiger partial charge in [-0.15, -0.1) is 0 Å². The molecular weight excluding hydrogens is 224 g/mol. The van der Waals surface area contributed by atoms with E-state index >= 15 is 0 Å². The van der Waals surface area contributed by atoms with Gasteiger partial charge in [-0.25, -0.2) is 0 Å². The van der Waals surface area contributed by atoms with E-state index in [2.05, 4.69) is 24.1 Å². The van der Waals surface area contributed by atoms with Crippen molar-refractivity contribution in [2.45, 2.75) is 83.3 Å². The largest absolute Gasteiger partial charge is 0.326 e. The SMILES string of the molecule is CCCCCCN1C(=O)C2(CCCC2)NC1CC. The Labute approximate surface area is 111 Å². The molecule has 1 heterocycles. The van der Waals surface area contributed by atoms with Crippen molar-refractivity contribution >= 4 is 5.91 Å². The zero-order valence-electron chi connectivity index (χ0n) is 12.0. The average Bonchev–Trinajstić information content (AvgIpc) is 2.95. The van der Waals surface area contributed by atoms with E-state index in [1.54, 1.807) is 0 Å². The molecule has 1 saturated carbocycles. The molecule has 2 rings (SSSR count). The fourth-order valence-corrected chi connectivity index (χ4v) is 3.50. The molecule has 0 aromatic heterocycles. The predicted octanol–water partition coefficient (Wildman–Crippen LogP) is 3.05. The molecule has 18 heavy (non-hydrogen) atoms. The third-order valence-electron chi connectivity index (χ3n) is 4.59. The summed E-state index contributed by atoms with van der Waals surface area (Å²) >= 11 is 0. The molecule has 1 spiro atoms. The number of amides is 1. The smallest absolute Gasteiger partial charge is 0.244 e. The van der Waals surface area contributed by atoms with Gasteiger partial charge < -0.3 is 4.90 Å². The second kappa shape index (κ2) is 6.05. The Morgan fingerprint density at radius 3 is 2.56 bits per heavy atom. The summed E-state index contributed by atoms with van der Waals surface area (Å²) in [6.45, 7) is 5.36. The van der Waals surface area contributed by atoms with Crippen LogP contribution in [0.2, 0.25) is 0 Å². The molecule has 1 aliphatic carbocycles. The lowest BCUT2D eigenvalue weighted by Crippen LogP contribution is -2.44. The topological polar surface area (TPSA) is 32.3 Å². The van der Waals surface area contributed by atoms with Gasteiger partial charge in [-0.3, -0.25) is 10.1 Å². The van der Waals surface area contributed by atoms with Crippen LogP contribution in [0, 0.1) is 0 Å². The molecule has 1 unspecified atom stereocenters. The third-order valence-corrected chi connectivity index (χ3v) is 4.59. The number of hydrogen-bond acceptors (Lipinski definition) is 2. The summed E-state index contributed by atoms with van der Waals surface area (Å²) in [5, 5.41) is 3.63. The van der Waals surface area contributed by atoms with E-state index in [0.717, 1.165) is 32.2 Å². The van der Waals surface area contributed by atoms with Crippen molar-refractivity contribution in [2.24, 2.45) is 0 Å². The maximum Gasteiger partial charge on any atom is 0.244 e. The number of rotatable bonds is 6. The maximum atomic E-state index is 12.6. The minimum absolute atomic E-state index is 0.175. The second-order valence-corrected chi connectivity index (χ2v) is 5.92. The summed E-state index contributed by atoms with van der Waals surface area (Å²) in [5.41, 5.74) is -0.175. The van der Waals surface area contributed by atoms with Crippen LogP contribution in [0.1, 0.15) is 71.6 Å². The van der Waals surface area contributed by atoms with Gasteiger partial charge in [-0.1, -0.05) is 46.0 Å². The van der Waals surface area contributed by atoms with Crippen molar-refractivity contribution in [3.05, 3.63) is 0 Å². The minimum atomic E-state index is -0.175. The van der Waals surface area contributed by atoms with Crippen LogP contribution < -0.4 is 5.32 Å². The van der Waals surface area contributed by atoms with Crippen molar-refractivity contribution in [3.63, 3.8) is 0 Å². The molecule has 2 fully saturated rings. The van der Waals surface area contributed by atoms with Crippen LogP contribution in [0.15, 0.2) is 0 Å². The zero-order chi connectivity index (χ0) is 13.0. The molecule has 1 atom stereocenters. The highest BCUT2D eigenvalue weighted by atomic mass is 16.2. The molecule has 0 bridgehead atoms. The van der Waals surface area contributed by atoms with Crippen LogP contribution in [-0.2, 0) is 4.79 Å². The molecule has 3 nitrogen and oxygen atoms in total. The number of nitrogens with zero attached hydrogens (tertiary/aromatic N) is 1. The van der Waals surface area contributed by atoms with Crippen molar-refractivity contribution in [2.75, 3.05) is 6.54 Å². The van der Waals surface area contributed by atoms with E-state index in [1.165, 1.54) is 32.1 Å². The quantitative estimate of drug-likeness (QED) is 0.737. The minimum Gasteiger partial charge on any atom is -0.326 e. The van der Waals surface area contributed by atoms with Gasteiger partial charge in [-0.05, 0) is 25.7 Å². The van der Waals surface area contributed by atoms with Gasteiger partial charge in [0.05, 0.1) is 11.7 Å². The molecule has 0 radical (unpaired) electrons. The van der Waals surface area contributed by atoms with Crippen LogP contribution in [0.4, 0.5) is 0 Å². The van der Waals surface area contributed by atoms with E-state index in [-0.39, 0.29) is 11.7 Å². The normalized spacial score (nSPS) is 26.4. The van der Waals surface area contributed by atoms with Gasteiger partial charge in [0, 0.05) is 6.54 Å². The lowest BCUT2D eigenvalue weighted by atomic mass is 9.98. The lowest BCUT2D eigenvalue weighted by Gasteiger charge is -2.23. The summed E-state index contributed by atoms with van der Waals surface area (Å²) in [6, 6.07) is 0. The van der Waals surface area contributed by atoms with Crippen LogP contribution in [0.3, 0.4) is 0 Å². The van der Waals surface area contributed by atoms with Gasteiger partial charge in [0.2, 0.25) is 5.91 Å². The first-order chi connectivity index (χ1) is 8.73. The van der Waals surface area contributed by atoms with E-state index in [1.807, 2.05) is 0 Å². The summed E-state index contributed by atoms with van der Waals surface area (Å²) in [7, 11) is 0. The Kier molecular flexibility index (Phi) is 4.66. The molecule has 1 saturated heterocycles. The highest BCUT2D eigenvalue weighted by Crippen LogP contribution is 2.37. The molecule has 0 aromatic rings. The highest BCUT2D eigenvalue weighted by molar-refractivity contribution is 5.89. The van der Waals surface area contributed by atoms with Gasteiger partial charge in [0.1, 0.15) is 0 Å². The first-order valence-electron chi connectivity index (χ1n) is 7.82. The Bertz CT molecular complexity index is 284. The first kappa shape index (κ1) is 13.9. The Morgan fingerprint density at radius 2 is 1.94 bits per heavy atom. The molecule has 1 N–H and O–H groups in total. The van der Waals surface area contributed by atoms with Crippen LogP contribution >= 0.6 is 0 Å². The number of carbonyl (C=O) groups excluding carboxylic acids is 1. The van der Waals surface area contributed by atoms with E-state index in [4.69, 9.17) is 0 Å². The van der Waals surface area contributed by atoms with Gasteiger partial charge >= 0.3 is 0 Å². The standard InChI is InChI=1S/C15H28N2O/c1-3-5-6-9-12-17-13(4-2)16-15(14(17)18)10-7-8-11-15/h13,16H,3-12H2,1-2H3. The number of unbranched alkanes of at least 4 members (excludes halogenated alkanes) is 3. The molecule has 0 aromatic carbocycles. The molecule has 1 aliphatic heterocycles. The summed E-state index contributed by atoms with van der Waals surface area (Å²) < 4.78 is 0. The van der Waals surface area contributed by atoms with Gasteiger partial charge in [0.15, 0.2) is 0 Å². The molecule has 3 heteroatoms. The zero-order valence-corrected chi connectivity index (χ0v) is 12.0. The number of nitrogens with one attached hydrogen (secondary N) is 1. The maximum absolute atomic E-state index is 12.6. The number of hydrogen-bond donors (Lipinski definition) is 1. The molecular formula is C15H28N2O. The summed E-state index contributed by atoms with van der Waals surface area (Å²) in [5.74, 6) is 0.392. The Balaban J connectivity index is 1.93.